The minimum absolute atomic E-state index is 0.364. The second-order valence-electron chi connectivity index (χ2n) is 6.13. The van der Waals surface area contributed by atoms with E-state index >= 15 is 0 Å². The first-order valence-electron chi connectivity index (χ1n) is 8.05. The number of nitriles is 1. The van der Waals surface area contributed by atoms with Gasteiger partial charge in [-0.2, -0.15) is 5.26 Å². The van der Waals surface area contributed by atoms with Gasteiger partial charge in [-0.3, -0.25) is 4.79 Å². The third-order valence-electron chi connectivity index (χ3n) is 4.23. The van der Waals surface area contributed by atoms with Gasteiger partial charge in [0.15, 0.2) is 0 Å². The van der Waals surface area contributed by atoms with E-state index in [0.29, 0.717) is 16.1 Å². The van der Waals surface area contributed by atoms with Gasteiger partial charge in [-0.25, -0.2) is 0 Å². The van der Waals surface area contributed by atoms with Gasteiger partial charge in [0.05, 0.1) is 5.56 Å². The number of hydrogen-bond acceptors (Lipinski definition) is 4. The molecular weight excluding hydrogens is 413 g/mol. The average molecular weight is 429 g/mol. The molecule has 1 atom stereocenters. The van der Waals surface area contributed by atoms with E-state index in [0.717, 1.165) is 30.4 Å². The average Bonchev–Trinajstić information content (AvgIpc) is 3.14. The number of halogens is 3. The molecule has 0 radical (unpaired) electrons. The quantitative estimate of drug-likeness (QED) is 0.534. The standard InChI is InChI=1S/C18H16Cl3N3OS/c1-10-5-7-11(8-6-10)15(25)23-17(18(19,20)21)24-16-13(9-22)12-3-2-4-14(12)26-16/h5-8,17,24H,2-4H2,1H3,(H,23,25). The molecule has 4 nitrogen and oxygen atoms in total. The maximum atomic E-state index is 12.5. The van der Waals surface area contributed by atoms with E-state index in [4.69, 9.17) is 34.8 Å². The van der Waals surface area contributed by atoms with Crippen LogP contribution in [0, 0.1) is 18.3 Å². The number of carbonyl (C=O) groups is 1. The lowest BCUT2D eigenvalue weighted by Gasteiger charge is -2.27. The van der Waals surface area contributed by atoms with Crippen molar-refractivity contribution in [3.8, 4) is 6.07 Å². The smallest absolute Gasteiger partial charge is 0.252 e. The zero-order chi connectivity index (χ0) is 18.9. The Morgan fingerprint density at radius 3 is 2.58 bits per heavy atom. The summed E-state index contributed by atoms with van der Waals surface area (Å²) in [4.78, 5) is 13.7. The van der Waals surface area contributed by atoms with Gasteiger partial charge in [-0.05, 0) is 43.9 Å². The normalized spacial score (nSPS) is 14.4. The number of thiophene rings is 1. The Hall–Kier alpha value is -1.45. The molecule has 1 aromatic carbocycles. The lowest BCUT2D eigenvalue weighted by molar-refractivity contribution is 0.0942. The molecule has 0 fully saturated rings. The monoisotopic (exact) mass is 427 g/mol. The van der Waals surface area contributed by atoms with Crippen molar-refractivity contribution in [3.05, 3.63) is 51.4 Å². The van der Waals surface area contributed by atoms with Gasteiger partial charge in [0.2, 0.25) is 3.79 Å². The van der Waals surface area contributed by atoms with Crippen LogP contribution < -0.4 is 10.6 Å². The molecule has 8 heteroatoms. The van der Waals surface area contributed by atoms with Gasteiger partial charge in [-0.15, -0.1) is 11.3 Å². The van der Waals surface area contributed by atoms with Gasteiger partial charge in [0.1, 0.15) is 17.2 Å². The fourth-order valence-electron chi connectivity index (χ4n) is 2.87. The predicted octanol–water partition coefficient (Wildman–Crippen LogP) is 4.96. The maximum Gasteiger partial charge on any atom is 0.252 e. The molecule has 1 unspecified atom stereocenters. The number of alkyl halides is 3. The van der Waals surface area contributed by atoms with Crippen LogP contribution in [0.3, 0.4) is 0 Å². The molecule has 0 saturated heterocycles. The van der Waals surface area contributed by atoms with E-state index < -0.39 is 9.96 Å². The van der Waals surface area contributed by atoms with E-state index in [1.807, 2.05) is 19.1 Å². The number of amides is 1. The molecule has 2 N–H and O–H groups in total. The lowest BCUT2D eigenvalue weighted by Crippen LogP contribution is -2.49. The first kappa shape index (κ1) is 19.3. The zero-order valence-corrected chi connectivity index (χ0v) is 17.0. The van der Waals surface area contributed by atoms with Gasteiger partial charge >= 0.3 is 0 Å². The van der Waals surface area contributed by atoms with Crippen molar-refractivity contribution in [1.29, 1.82) is 5.26 Å². The van der Waals surface area contributed by atoms with Crippen LogP contribution in [0.5, 0.6) is 0 Å². The summed E-state index contributed by atoms with van der Waals surface area (Å²) < 4.78 is -1.79. The van der Waals surface area contributed by atoms with E-state index in [1.165, 1.54) is 16.2 Å². The summed E-state index contributed by atoms with van der Waals surface area (Å²) in [6.45, 7) is 1.94. The SMILES string of the molecule is Cc1ccc(C(=O)NC(Nc2sc3c(c2C#N)CCC3)C(Cl)(Cl)Cl)cc1. The second kappa shape index (κ2) is 7.66. The number of rotatable bonds is 4. The van der Waals surface area contributed by atoms with Crippen molar-refractivity contribution >= 4 is 57.0 Å². The molecule has 0 bridgehead atoms. The number of nitrogens with one attached hydrogen (secondary N) is 2. The van der Waals surface area contributed by atoms with Crippen LogP contribution in [-0.4, -0.2) is 15.9 Å². The van der Waals surface area contributed by atoms with Crippen LogP contribution in [0.4, 0.5) is 5.00 Å². The Labute approximate surface area is 171 Å². The zero-order valence-electron chi connectivity index (χ0n) is 13.9. The summed E-state index contributed by atoms with van der Waals surface area (Å²) in [5.74, 6) is -0.364. The van der Waals surface area contributed by atoms with Crippen molar-refractivity contribution in [3.63, 3.8) is 0 Å². The third kappa shape index (κ3) is 4.10. The van der Waals surface area contributed by atoms with E-state index in [9.17, 15) is 10.1 Å². The van der Waals surface area contributed by atoms with Crippen LogP contribution in [-0.2, 0) is 12.8 Å². The highest BCUT2D eigenvalue weighted by Gasteiger charge is 2.36. The summed E-state index contributed by atoms with van der Waals surface area (Å²) in [7, 11) is 0. The predicted molar refractivity (Wildman–Crippen MR) is 107 cm³/mol. The Morgan fingerprint density at radius 2 is 1.96 bits per heavy atom. The minimum Gasteiger partial charge on any atom is -0.352 e. The van der Waals surface area contributed by atoms with Crippen LogP contribution in [0.15, 0.2) is 24.3 Å². The second-order valence-corrected chi connectivity index (χ2v) is 9.61. The maximum absolute atomic E-state index is 12.5. The summed E-state index contributed by atoms with van der Waals surface area (Å²) in [5.41, 5.74) is 3.15. The molecule has 0 saturated carbocycles. The number of aryl methyl sites for hydroxylation is 2. The molecule has 1 aliphatic rings. The van der Waals surface area contributed by atoms with Crippen molar-refractivity contribution in [2.45, 2.75) is 36.1 Å². The third-order valence-corrected chi connectivity index (χ3v) is 6.10. The van der Waals surface area contributed by atoms with Crippen LogP contribution in [0.25, 0.3) is 0 Å². The van der Waals surface area contributed by atoms with Crippen molar-refractivity contribution in [2.24, 2.45) is 0 Å². The first-order valence-corrected chi connectivity index (χ1v) is 10.00. The largest absolute Gasteiger partial charge is 0.352 e. The van der Waals surface area contributed by atoms with E-state index in [2.05, 4.69) is 16.7 Å². The highest BCUT2D eigenvalue weighted by molar-refractivity contribution is 7.16. The van der Waals surface area contributed by atoms with Gasteiger partial charge < -0.3 is 10.6 Å². The molecule has 26 heavy (non-hydrogen) atoms. The van der Waals surface area contributed by atoms with Crippen molar-refractivity contribution in [1.82, 2.24) is 5.32 Å². The number of carbonyl (C=O) groups excluding carboxylic acids is 1. The number of anilines is 1. The summed E-state index contributed by atoms with van der Waals surface area (Å²) >= 11 is 19.7. The Kier molecular flexibility index (Phi) is 5.69. The summed E-state index contributed by atoms with van der Waals surface area (Å²) in [6, 6.07) is 9.32. The fraction of sp³-hybridized carbons (Fsp3) is 0.333. The number of nitrogens with zero attached hydrogens (tertiary/aromatic N) is 1. The van der Waals surface area contributed by atoms with Gasteiger partial charge in [-0.1, -0.05) is 52.5 Å². The number of hydrogen-bond donors (Lipinski definition) is 2. The number of benzene rings is 1. The summed E-state index contributed by atoms with van der Waals surface area (Å²) in [5, 5.41) is 15.9. The van der Waals surface area contributed by atoms with Crippen LogP contribution in [0.1, 0.15) is 38.3 Å². The molecule has 0 spiro atoms. The first-order chi connectivity index (χ1) is 12.3. The van der Waals surface area contributed by atoms with Crippen LogP contribution >= 0.6 is 46.1 Å². The van der Waals surface area contributed by atoms with E-state index in [-0.39, 0.29) is 5.91 Å². The van der Waals surface area contributed by atoms with E-state index in [1.54, 1.807) is 12.1 Å². The Bertz CT molecular complexity index is 866. The molecule has 3 rings (SSSR count). The molecule has 0 aliphatic heterocycles. The molecule has 1 aromatic heterocycles. The van der Waals surface area contributed by atoms with Crippen molar-refractivity contribution in [2.75, 3.05) is 5.32 Å². The molecule has 1 aliphatic carbocycles. The molecule has 1 amide bonds. The molecular formula is C18H16Cl3N3OS. The van der Waals surface area contributed by atoms with Crippen molar-refractivity contribution < 1.29 is 4.79 Å². The Morgan fingerprint density at radius 1 is 1.27 bits per heavy atom. The molecule has 1 heterocycles. The van der Waals surface area contributed by atoms with Gasteiger partial charge in [0, 0.05) is 10.4 Å². The molecule has 136 valence electrons. The fourth-order valence-corrected chi connectivity index (χ4v) is 4.47. The number of fused-ring (bicyclic) bond motifs is 1. The Balaban J connectivity index is 1.83. The summed E-state index contributed by atoms with van der Waals surface area (Å²) in [6.07, 6.45) is 1.90. The molecule has 2 aromatic rings. The van der Waals surface area contributed by atoms with Crippen LogP contribution in [0.2, 0.25) is 0 Å². The van der Waals surface area contributed by atoms with Gasteiger partial charge in [0.25, 0.3) is 5.91 Å². The topological polar surface area (TPSA) is 64.9 Å². The highest BCUT2D eigenvalue weighted by atomic mass is 35.6. The minimum atomic E-state index is -1.79. The lowest BCUT2D eigenvalue weighted by atomic mass is 10.1. The highest BCUT2D eigenvalue weighted by Crippen LogP contribution is 2.40.